The minimum atomic E-state index is -1.15. The summed E-state index contributed by atoms with van der Waals surface area (Å²) in [7, 11) is 0. The Balaban J connectivity index is 1.49. The SMILES string of the molecule is O=C(O)COc1ccc(Cl)cc1[C@@H]1c2ccc(F)cc2CCN1C(=O)CCn1ncc2c(F)cccc21. The maximum atomic E-state index is 14.1. The quantitative estimate of drug-likeness (QED) is 0.367. The number of benzene rings is 3. The van der Waals surface area contributed by atoms with E-state index in [1.54, 1.807) is 46.0 Å². The number of aryl methyl sites for hydroxylation is 1. The Hall–Kier alpha value is -3.98. The standard InChI is InChI=1S/C27H22ClF2N3O4/c28-17-4-7-24(37-15-26(35)36)20(13-17)27-19-6-5-18(29)12-16(19)8-10-32(27)25(34)9-11-33-23-3-1-2-22(30)21(23)14-31-33/h1-7,12-14,27H,8-11,15H2,(H,35,36)/t27-/m0/s1. The molecule has 4 aromatic rings. The van der Waals surface area contributed by atoms with E-state index in [2.05, 4.69) is 5.10 Å². The molecule has 7 nitrogen and oxygen atoms in total. The molecule has 1 atom stereocenters. The lowest BCUT2D eigenvalue weighted by molar-refractivity contribution is -0.139. The van der Waals surface area contributed by atoms with Crippen molar-refractivity contribution < 1.29 is 28.2 Å². The molecule has 0 saturated carbocycles. The van der Waals surface area contributed by atoms with E-state index in [4.69, 9.17) is 21.4 Å². The van der Waals surface area contributed by atoms with Crippen LogP contribution in [0.3, 0.4) is 0 Å². The zero-order valence-electron chi connectivity index (χ0n) is 19.5. The monoisotopic (exact) mass is 525 g/mol. The van der Waals surface area contributed by atoms with Gasteiger partial charge in [0.15, 0.2) is 6.61 Å². The number of aromatic nitrogens is 2. The minimum Gasteiger partial charge on any atom is -0.482 e. The number of carboxylic acids is 1. The molecule has 0 saturated heterocycles. The number of carboxylic acid groups (broad SMARTS) is 1. The summed E-state index contributed by atoms with van der Waals surface area (Å²) in [6, 6.07) is 13.2. The molecule has 0 spiro atoms. The molecule has 1 amide bonds. The van der Waals surface area contributed by atoms with Crippen molar-refractivity contribution in [2.24, 2.45) is 0 Å². The van der Waals surface area contributed by atoms with Crippen LogP contribution in [0, 0.1) is 11.6 Å². The molecule has 5 rings (SSSR count). The molecule has 190 valence electrons. The second kappa shape index (κ2) is 10.2. The fourth-order valence-electron chi connectivity index (χ4n) is 4.80. The van der Waals surface area contributed by atoms with Gasteiger partial charge in [-0.2, -0.15) is 5.10 Å². The van der Waals surface area contributed by atoms with Crippen molar-refractivity contribution in [1.29, 1.82) is 0 Å². The lowest BCUT2D eigenvalue weighted by Gasteiger charge is -2.38. The van der Waals surface area contributed by atoms with Crippen LogP contribution < -0.4 is 4.74 Å². The maximum absolute atomic E-state index is 14.1. The Morgan fingerprint density at radius 2 is 1.95 bits per heavy atom. The van der Waals surface area contributed by atoms with Crippen LogP contribution in [-0.4, -0.2) is 44.8 Å². The average Bonchev–Trinajstić information content (AvgIpc) is 3.30. The Morgan fingerprint density at radius 1 is 1.11 bits per heavy atom. The van der Waals surface area contributed by atoms with Crippen molar-refractivity contribution in [2.45, 2.75) is 25.4 Å². The first-order chi connectivity index (χ1) is 17.8. The highest BCUT2D eigenvalue weighted by atomic mass is 35.5. The number of ether oxygens (including phenoxy) is 1. The molecule has 0 fully saturated rings. The van der Waals surface area contributed by atoms with Gasteiger partial charge in [0, 0.05) is 23.6 Å². The first-order valence-corrected chi connectivity index (χ1v) is 12.0. The molecular weight excluding hydrogens is 504 g/mol. The summed E-state index contributed by atoms with van der Waals surface area (Å²) in [5.74, 6) is -1.86. The molecule has 0 aliphatic carbocycles. The van der Waals surface area contributed by atoms with Gasteiger partial charge in [-0.15, -0.1) is 0 Å². The maximum Gasteiger partial charge on any atom is 0.341 e. The van der Waals surface area contributed by atoms with Gasteiger partial charge in [0.05, 0.1) is 29.7 Å². The number of rotatable bonds is 7. The second-order valence-electron chi connectivity index (χ2n) is 8.74. The number of aliphatic carboxylic acids is 1. The van der Waals surface area contributed by atoms with E-state index in [-0.39, 0.29) is 36.3 Å². The van der Waals surface area contributed by atoms with E-state index in [9.17, 15) is 18.4 Å². The summed E-state index contributed by atoms with van der Waals surface area (Å²) in [4.78, 5) is 26.4. The molecule has 1 aliphatic rings. The molecule has 10 heteroatoms. The third-order valence-corrected chi connectivity index (χ3v) is 6.68. The fraction of sp³-hybridized carbons (Fsp3) is 0.222. The van der Waals surface area contributed by atoms with Crippen LogP contribution in [0.25, 0.3) is 10.9 Å². The molecule has 37 heavy (non-hydrogen) atoms. The van der Waals surface area contributed by atoms with Crippen LogP contribution in [0.1, 0.15) is 29.2 Å². The number of fused-ring (bicyclic) bond motifs is 2. The number of amides is 1. The van der Waals surface area contributed by atoms with Crippen LogP contribution in [0.5, 0.6) is 5.75 Å². The highest BCUT2D eigenvalue weighted by Gasteiger charge is 2.34. The van der Waals surface area contributed by atoms with Crippen molar-refractivity contribution in [3.8, 4) is 5.75 Å². The number of hydrogen-bond acceptors (Lipinski definition) is 4. The fourth-order valence-corrected chi connectivity index (χ4v) is 4.98. The molecular formula is C27H22ClF2N3O4. The number of carbonyl (C=O) groups excluding carboxylic acids is 1. The number of carbonyl (C=O) groups is 2. The van der Waals surface area contributed by atoms with Gasteiger partial charge in [-0.1, -0.05) is 23.7 Å². The van der Waals surface area contributed by atoms with Gasteiger partial charge in [-0.05, 0) is 60.0 Å². The zero-order valence-corrected chi connectivity index (χ0v) is 20.3. The summed E-state index contributed by atoms with van der Waals surface area (Å²) in [5.41, 5.74) is 2.53. The zero-order chi connectivity index (χ0) is 26.1. The van der Waals surface area contributed by atoms with Gasteiger partial charge in [0.2, 0.25) is 5.91 Å². The van der Waals surface area contributed by atoms with E-state index < -0.39 is 18.6 Å². The molecule has 0 unspecified atom stereocenters. The summed E-state index contributed by atoms with van der Waals surface area (Å²) < 4.78 is 35.2. The topological polar surface area (TPSA) is 84.7 Å². The van der Waals surface area contributed by atoms with Gasteiger partial charge >= 0.3 is 5.97 Å². The van der Waals surface area contributed by atoms with E-state index in [0.717, 1.165) is 5.56 Å². The molecule has 1 aliphatic heterocycles. The lowest BCUT2D eigenvalue weighted by Crippen LogP contribution is -2.41. The largest absolute Gasteiger partial charge is 0.482 e. The molecule has 0 bridgehead atoms. The van der Waals surface area contributed by atoms with Crippen LogP contribution in [0.2, 0.25) is 5.02 Å². The third kappa shape index (κ3) is 4.99. The highest BCUT2D eigenvalue weighted by molar-refractivity contribution is 6.30. The normalized spacial score (nSPS) is 15.0. The Bertz CT molecular complexity index is 1510. The van der Waals surface area contributed by atoms with E-state index >= 15 is 0 Å². The third-order valence-electron chi connectivity index (χ3n) is 6.44. The number of halogens is 3. The van der Waals surface area contributed by atoms with E-state index in [1.165, 1.54) is 24.4 Å². The molecule has 2 heterocycles. The summed E-state index contributed by atoms with van der Waals surface area (Å²) in [5, 5.41) is 14.1. The van der Waals surface area contributed by atoms with Crippen LogP contribution in [0.4, 0.5) is 8.78 Å². The Labute approximate surface area is 215 Å². The van der Waals surface area contributed by atoms with Crippen molar-refractivity contribution in [3.05, 3.63) is 94.1 Å². The van der Waals surface area contributed by atoms with Crippen molar-refractivity contribution >= 4 is 34.4 Å². The van der Waals surface area contributed by atoms with Crippen molar-refractivity contribution in [2.75, 3.05) is 13.2 Å². The Morgan fingerprint density at radius 3 is 2.76 bits per heavy atom. The molecule has 0 radical (unpaired) electrons. The first-order valence-electron chi connectivity index (χ1n) is 11.6. The van der Waals surface area contributed by atoms with Crippen molar-refractivity contribution in [3.63, 3.8) is 0 Å². The van der Waals surface area contributed by atoms with Gasteiger partial charge < -0.3 is 14.7 Å². The number of nitrogens with zero attached hydrogens (tertiary/aromatic N) is 3. The van der Waals surface area contributed by atoms with Gasteiger partial charge in [0.1, 0.15) is 17.4 Å². The van der Waals surface area contributed by atoms with Crippen LogP contribution in [0.15, 0.2) is 60.8 Å². The van der Waals surface area contributed by atoms with Gasteiger partial charge in [-0.3, -0.25) is 9.48 Å². The lowest BCUT2D eigenvalue weighted by atomic mass is 9.87. The number of hydrogen-bond donors (Lipinski definition) is 1. The smallest absolute Gasteiger partial charge is 0.341 e. The molecule has 1 N–H and O–H groups in total. The summed E-state index contributed by atoms with van der Waals surface area (Å²) >= 11 is 6.30. The molecule has 1 aromatic heterocycles. The van der Waals surface area contributed by atoms with E-state index in [1.807, 2.05) is 0 Å². The van der Waals surface area contributed by atoms with Gasteiger partial charge in [0.25, 0.3) is 0 Å². The Kier molecular flexibility index (Phi) is 6.80. The molecule has 3 aromatic carbocycles. The minimum absolute atomic E-state index is 0.0756. The van der Waals surface area contributed by atoms with Crippen LogP contribution in [-0.2, 0) is 22.6 Å². The van der Waals surface area contributed by atoms with Crippen LogP contribution >= 0.6 is 11.6 Å². The van der Waals surface area contributed by atoms with Crippen molar-refractivity contribution in [1.82, 2.24) is 14.7 Å². The van der Waals surface area contributed by atoms with Gasteiger partial charge in [-0.25, -0.2) is 13.6 Å². The summed E-state index contributed by atoms with van der Waals surface area (Å²) in [6.07, 6.45) is 1.95. The second-order valence-corrected chi connectivity index (χ2v) is 9.17. The average molecular weight is 526 g/mol. The predicted molar refractivity (Wildman–Crippen MR) is 133 cm³/mol. The predicted octanol–water partition coefficient (Wildman–Crippen LogP) is 5.00. The van der Waals surface area contributed by atoms with E-state index in [0.29, 0.717) is 40.0 Å². The first kappa shape index (κ1) is 24.7. The highest BCUT2D eigenvalue weighted by Crippen LogP contribution is 2.41. The summed E-state index contributed by atoms with van der Waals surface area (Å²) in [6.45, 7) is -0.0446.